The highest BCUT2D eigenvalue weighted by Crippen LogP contribution is 2.34. The summed E-state index contributed by atoms with van der Waals surface area (Å²) in [5.74, 6) is 2.78. The van der Waals surface area contributed by atoms with Gasteiger partial charge in [-0.1, -0.05) is 26.0 Å². The van der Waals surface area contributed by atoms with Gasteiger partial charge in [0.15, 0.2) is 0 Å². The molecule has 1 heterocycles. The Bertz CT molecular complexity index is 602. The summed E-state index contributed by atoms with van der Waals surface area (Å²) in [4.78, 5) is 4.90. The second kappa shape index (κ2) is 6.18. The maximum atomic E-state index is 4.90. The van der Waals surface area contributed by atoms with E-state index < -0.39 is 0 Å². The normalized spacial score (nSPS) is 25.8. The Morgan fingerprint density at radius 2 is 2.05 bits per heavy atom. The molecule has 1 N–H and O–H groups in total. The van der Waals surface area contributed by atoms with Gasteiger partial charge in [0.1, 0.15) is 5.82 Å². The maximum Gasteiger partial charge on any atom is 0.110 e. The van der Waals surface area contributed by atoms with E-state index in [0.29, 0.717) is 6.04 Å². The molecule has 1 saturated carbocycles. The van der Waals surface area contributed by atoms with Gasteiger partial charge < -0.3 is 9.88 Å². The number of hydrogen-bond acceptors (Lipinski definition) is 2. The molecule has 3 atom stereocenters. The van der Waals surface area contributed by atoms with Crippen molar-refractivity contribution in [2.75, 3.05) is 6.54 Å². The van der Waals surface area contributed by atoms with Crippen LogP contribution in [0.4, 0.5) is 0 Å². The summed E-state index contributed by atoms with van der Waals surface area (Å²) in [6.45, 7) is 8.92. The molecule has 1 aromatic heterocycles. The lowest BCUT2D eigenvalue weighted by atomic mass is 9.92. The molecule has 3 rings (SSSR count). The summed E-state index contributed by atoms with van der Waals surface area (Å²) >= 11 is 0. The van der Waals surface area contributed by atoms with Crippen LogP contribution in [0.2, 0.25) is 0 Å². The molecule has 0 spiro atoms. The molecule has 1 aliphatic rings. The van der Waals surface area contributed by atoms with Crippen molar-refractivity contribution in [3.8, 4) is 0 Å². The average Bonchev–Trinajstić information content (AvgIpc) is 3.02. The number of aryl methyl sites for hydroxylation is 1. The standard InChI is InChI=1S/C18H27N3/c1-4-19-15-11-10-14(13(15)3)12-18-20-16-8-6-7-9-17(16)21(18)5-2/h6-9,13-15,19H,4-5,10-12H2,1-3H3. The molecule has 0 bridgehead atoms. The van der Waals surface area contributed by atoms with Crippen LogP contribution in [0.15, 0.2) is 24.3 Å². The van der Waals surface area contributed by atoms with E-state index in [4.69, 9.17) is 4.98 Å². The number of fused-ring (bicyclic) bond motifs is 1. The largest absolute Gasteiger partial charge is 0.328 e. The lowest BCUT2D eigenvalue weighted by molar-refractivity contribution is 0.348. The first-order valence-electron chi connectivity index (χ1n) is 8.42. The second-order valence-corrected chi connectivity index (χ2v) is 6.33. The number of rotatable bonds is 5. The van der Waals surface area contributed by atoms with Crippen LogP contribution in [0.5, 0.6) is 0 Å². The molecular formula is C18H27N3. The third kappa shape index (κ3) is 2.71. The number of imidazole rings is 1. The highest BCUT2D eigenvalue weighted by Gasteiger charge is 2.33. The Kier molecular flexibility index (Phi) is 4.29. The van der Waals surface area contributed by atoms with E-state index in [1.807, 2.05) is 0 Å². The fourth-order valence-corrected chi connectivity index (χ4v) is 3.95. The van der Waals surface area contributed by atoms with Gasteiger partial charge in [-0.2, -0.15) is 0 Å². The molecule has 0 amide bonds. The molecule has 3 unspecified atom stereocenters. The molecule has 1 aromatic carbocycles. The van der Waals surface area contributed by atoms with Gasteiger partial charge in [0, 0.05) is 19.0 Å². The minimum atomic E-state index is 0.694. The number of hydrogen-bond donors (Lipinski definition) is 1. The van der Waals surface area contributed by atoms with E-state index in [1.165, 1.54) is 24.2 Å². The first kappa shape index (κ1) is 14.6. The van der Waals surface area contributed by atoms with Crippen molar-refractivity contribution in [1.82, 2.24) is 14.9 Å². The Balaban J connectivity index is 1.82. The van der Waals surface area contributed by atoms with Gasteiger partial charge in [0.25, 0.3) is 0 Å². The number of para-hydroxylation sites is 2. The topological polar surface area (TPSA) is 29.9 Å². The molecule has 0 aliphatic heterocycles. The van der Waals surface area contributed by atoms with Gasteiger partial charge in [-0.05, 0) is 50.3 Å². The SMILES string of the molecule is CCNC1CCC(Cc2nc3ccccc3n2CC)C1C. The molecular weight excluding hydrogens is 258 g/mol. The Morgan fingerprint density at radius 1 is 1.24 bits per heavy atom. The number of aromatic nitrogens is 2. The molecule has 0 saturated heterocycles. The molecule has 3 nitrogen and oxygen atoms in total. The highest BCUT2D eigenvalue weighted by atomic mass is 15.1. The van der Waals surface area contributed by atoms with Crippen LogP contribution in [0.1, 0.15) is 39.4 Å². The number of nitrogens with one attached hydrogen (secondary N) is 1. The maximum absolute atomic E-state index is 4.90. The summed E-state index contributed by atoms with van der Waals surface area (Å²) in [6.07, 6.45) is 3.75. The molecule has 2 aromatic rings. The average molecular weight is 285 g/mol. The molecule has 0 radical (unpaired) electrons. The number of benzene rings is 1. The Morgan fingerprint density at radius 3 is 2.81 bits per heavy atom. The van der Waals surface area contributed by atoms with Gasteiger partial charge >= 0.3 is 0 Å². The minimum absolute atomic E-state index is 0.694. The van der Waals surface area contributed by atoms with Crippen LogP contribution >= 0.6 is 0 Å². The lowest BCUT2D eigenvalue weighted by Crippen LogP contribution is -2.32. The highest BCUT2D eigenvalue weighted by molar-refractivity contribution is 5.75. The van der Waals surface area contributed by atoms with Gasteiger partial charge in [0.2, 0.25) is 0 Å². The van der Waals surface area contributed by atoms with Crippen molar-refractivity contribution >= 4 is 11.0 Å². The van der Waals surface area contributed by atoms with E-state index in [2.05, 4.69) is 54.9 Å². The van der Waals surface area contributed by atoms with Crippen LogP contribution in [0.25, 0.3) is 11.0 Å². The summed E-state index contributed by atoms with van der Waals surface area (Å²) in [5, 5.41) is 3.64. The van der Waals surface area contributed by atoms with Crippen molar-refractivity contribution in [1.29, 1.82) is 0 Å². The van der Waals surface area contributed by atoms with Crippen molar-refractivity contribution in [2.45, 2.75) is 52.6 Å². The Hall–Kier alpha value is -1.35. The zero-order chi connectivity index (χ0) is 14.8. The van der Waals surface area contributed by atoms with Crippen molar-refractivity contribution in [2.24, 2.45) is 11.8 Å². The molecule has 114 valence electrons. The lowest BCUT2D eigenvalue weighted by Gasteiger charge is -2.21. The van der Waals surface area contributed by atoms with Crippen molar-refractivity contribution < 1.29 is 0 Å². The summed E-state index contributed by atoms with van der Waals surface area (Å²) in [6, 6.07) is 9.21. The van der Waals surface area contributed by atoms with Crippen molar-refractivity contribution in [3.63, 3.8) is 0 Å². The van der Waals surface area contributed by atoms with Crippen LogP contribution < -0.4 is 5.32 Å². The third-order valence-corrected chi connectivity index (χ3v) is 5.19. The van der Waals surface area contributed by atoms with Crippen molar-refractivity contribution in [3.05, 3.63) is 30.1 Å². The fourth-order valence-electron chi connectivity index (χ4n) is 3.95. The quantitative estimate of drug-likeness (QED) is 0.909. The van der Waals surface area contributed by atoms with E-state index in [-0.39, 0.29) is 0 Å². The summed E-state index contributed by atoms with van der Waals surface area (Å²) < 4.78 is 2.39. The van der Waals surface area contributed by atoms with Crippen LogP contribution in [0, 0.1) is 11.8 Å². The monoisotopic (exact) mass is 285 g/mol. The summed E-state index contributed by atoms with van der Waals surface area (Å²) in [5.41, 5.74) is 2.42. The smallest absolute Gasteiger partial charge is 0.110 e. The first-order valence-corrected chi connectivity index (χ1v) is 8.42. The van der Waals surface area contributed by atoms with E-state index >= 15 is 0 Å². The predicted molar refractivity (Wildman–Crippen MR) is 88.5 cm³/mol. The van der Waals surface area contributed by atoms with E-state index in [0.717, 1.165) is 36.9 Å². The van der Waals surface area contributed by atoms with Gasteiger partial charge in [0.05, 0.1) is 11.0 Å². The van der Waals surface area contributed by atoms with E-state index in [9.17, 15) is 0 Å². The molecule has 1 aliphatic carbocycles. The fraction of sp³-hybridized carbons (Fsp3) is 0.611. The summed E-state index contributed by atoms with van der Waals surface area (Å²) in [7, 11) is 0. The Labute approximate surface area is 127 Å². The van der Waals surface area contributed by atoms with E-state index in [1.54, 1.807) is 0 Å². The number of nitrogens with zero attached hydrogens (tertiary/aromatic N) is 2. The molecule has 3 heteroatoms. The van der Waals surface area contributed by atoms with Gasteiger partial charge in [-0.25, -0.2) is 4.98 Å². The van der Waals surface area contributed by atoms with Gasteiger partial charge in [-0.3, -0.25) is 0 Å². The third-order valence-electron chi connectivity index (χ3n) is 5.19. The molecule has 21 heavy (non-hydrogen) atoms. The molecule has 1 fully saturated rings. The zero-order valence-corrected chi connectivity index (χ0v) is 13.5. The van der Waals surface area contributed by atoms with Crippen LogP contribution in [-0.4, -0.2) is 22.1 Å². The van der Waals surface area contributed by atoms with Gasteiger partial charge in [-0.15, -0.1) is 0 Å². The second-order valence-electron chi connectivity index (χ2n) is 6.33. The van der Waals surface area contributed by atoms with Crippen LogP contribution in [-0.2, 0) is 13.0 Å². The predicted octanol–water partition coefficient (Wildman–Crippen LogP) is 3.62. The first-order chi connectivity index (χ1) is 10.2. The van der Waals surface area contributed by atoms with Crippen LogP contribution in [0.3, 0.4) is 0 Å². The minimum Gasteiger partial charge on any atom is -0.328 e. The zero-order valence-electron chi connectivity index (χ0n) is 13.5.